The highest BCUT2D eigenvalue weighted by atomic mass is 19.3. The van der Waals surface area contributed by atoms with E-state index in [4.69, 9.17) is 9.47 Å². The molecular weight excluding hydrogens is 579 g/mol. The molecule has 0 radical (unpaired) electrons. The lowest BCUT2D eigenvalue weighted by Crippen LogP contribution is -2.25. The van der Waals surface area contributed by atoms with Gasteiger partial charge in [0.1, 0.15) is 34.6 Å². The second-order valence-corrected chi connectivity index (χ2v) is 9.67. The van der Waals surface area contributed by atoms with Crippen molar-refractivity contribution in [1.29, 1.82) is 0 Å². The summed E-state index contributed by atoms with van der Waals surface area (Å²) in [6, 6.07) is 7.57. The topological polar surface area (TPSA) is 27.7 Å². The van der Waals surface area contributed by atoms with Gasteiger partial charge in [-0.25, -0.2) is 30.7 Å². The van der Waals surface area contributed by atoms with Crippen LogP contribution in [0, 0.1) is 46.6 Å². The summed E-state index contributed by atoms with van der Waals surface area (Å²) in [6.45, 7) is 2.66. The quantitative estimate of drug-likeness (QED) is 0.164. The van der Waals surface area contributed by atoms with Crippen molar-refractivity contribution in [2.45, 2.75) is 19.3 Å². The molecule has 1 aliphatic heterocycles. The highest BCUT2D eigenvalue weighted by Gasteiger charge is 2.41. The van der Waals surface area contributed by atoms with Crippen LogP contribution in [0.15, 0.2) is 60.7 Å². The van der Waals surface area contributed by atoms with E-state index >= 15 is 0 Å². The Kier molecular flexibility index (Phi) is 7.95. The SMILES string of the molecule is CC1COC(c2ccc(-c3cc(F)c(C(F)(F)Oc4ccc(-c5cc(F)c(F)c(F)c5)c(F)c4)c(F)c3)c(F)c2)OC1. The van der Waals surface area contributed by atoms with Crippen LogP contribution in [0.4, 0.5) is 39.5 Å². The Bertz CT molecular complexity index is 1600. The molecule has 3 nitrogen and oxygen atoms in total. The first kappa shape index (κ1) is 29.5. The maximum Gasteiger partial charge on any atom is 0.432 e. The first-order valence-electron chi connectivity index (χ1n) is 12.4. The van der Waals surface area contributed by atoms with Crippen LogP contribution in [0.1, 0.15) is 24.3 Å². The van der Waals surface area contributed by atoms with E-state index in [0.29, 0.717) is 49.1 Å². The molecule has 0 unspecified atom stereocenters. The fourth-order valence-corrected chi connectivity index (χ4v) is 4.41. The number of hydrogen-bond donors (Lipinski definition) is 0. The monoisotopic (exact) mass is 598 g/mol. The lowest BCUT2D eigenvalue weighted by Gasteiger charge is -2.27. The van der Waals surface area contributed by atoms with Gasteiger partial charge in [0.25, 0.3) is 0 Å². The first-order valence-corrected chi connectivity index (χ1v) is 12.4. The van der Waals surface area contributed by atoms with Gasteiger partial charge in [0.05, 0.1) is 13.2 Å². The molecule has 4 aromatic carbocycles. The summed E-state index contributed by atoms with van der Waals surface area (Å²) in [6.07, 6.45) is -5.52. The predicted molar refractivity (Wildman–Crippen MR) is 132 cm³/mol. The zero-order valence-corrected chi connectivity index (χ0v) is 21.5. The molecule has 1 heterocycles. The fourth-order valence-electron chi connectivity index (χ4n) is 4.41. The van der Waals surface area contributed by atoms with E-state index in [1.54, 1.807) is 0 Å². The van der Waals surface area contributed by atoms with Crippen molar-refractivity contribution in [3.8, 4) is 28.0 Å². The van der Waals surface area contributed by atoms with E-state index in [2.05, 4.69) is 4.74 Å². The van der Waals surface area contributed by atoms with Crippen molar-refractivity contribution < 1.29 is 53.7 Å². The van der Waals surface area contributed by atoms with E-state index in [1.807, 2.05) is 6.92 Å². The number of hydrogen-bond acceptors (Lipinski definition) is 3. The van der Waals surface area contributed by atoms with E-state index in [-0.39, 0.29) is 17.0 Å². The van der Waals surface area contributed by atoms with Crippen molar-refractivity contribution in [3.63, 3.8) is 0 Å². The Hall–Kier alpha value is -4.03. The van der Waals surface area contributed by atoms with Gasteiger partial charge in [-0.1, -0.05) is 19.1 Å². The van der Waals surface area contributed by atoms with Gasteiger partial charge in [-0.2, -0.15) is 8.78 Å². The second-order valence-electron chi connectivity index (χ2n) is 9.67. The number of halogens is 9. The second kappa shape index (κ2) is 11.3. The Balaban J connectivity index is 1.39. The third-order valence-electron chi connectivity index (χ3n) is 6.46. The summed E-state index contributed by atoms with van der Waals surface area (Å²) < 4.78 is 145. The van der Waals surface area contributed by atoms with Gasteiger partial charge < -0.3 is 14.2 Å². The van der Waals surface area contributed by atoms with Gasteiger partial charge in [-0.05, 0) is 53.6 Å². The third kappa shape index (κ3) is 5.82. The van der Waals surface area contributed by atoms with Crippen molar-refractivity contribution in [1.82, 2.24) is 0 Å². The van der Waals surface area contributed by atoms with Crippen LogP contribution < -0.4 is 4.74 Å². The third-order valence-corrected chi connectivity index (χ3v) is 6.46. The van der Waals surface area contributed by atoms with Gasteiger partial charge in [0.15, 0.2) is 23.7 Å². The van der Waals surface area contributed by atoms with Crippen LogP contribution in [-0.2, 0) is 15.6 Å². The summed E-state index contributed by atoms with van der Waals surface area (Å²) in [5, 5.41) is 0. The fraction of sp³-hybridized carbons (Fsp3) is 0.200. The molecule has 4 aromatic rings. The molecule has 1 saturated heterocycles. The molecule has 5 rings (SSSR count). The van der Waals surface area contributed by atoms with Crippen LogP contribution in [0.5, 0.6) is 5.75 Å². The van der Waals surface area contributed by atoms with Crippen LogP contribution >= 0.6 is 0 Å². The summed E-state index contributed by atoms with van der Waals surface area (Å²) in [5.74, 6) is -11.5. The van der Waals surface area contributed by atoms with Crippen LogP contribution in [0.3, 0.4) is 0 Å². The minimum Gasteiger partial charge on any atom is -0.429 e. The number of alkyl halides is 2. The Labute approximate surface area is 233 Å². The molecule has 12 heteroatoms. The molecule has 42 heavy (non-hydrogen) atoms. The summed E-state index contributed by atoms with van der Waals surface area (Å²) in [7, 11) is 0. The Morgan fingerprint density at radius 2 is 1.14 bits per heavy atom. The van der Waals surface area contributed by atoms with E-state index in [9.17, 15) is 39.5 Å². The van der Waals surface area contributed by atoms with Crippen molar-refractivity contribution in [2.75, 3.05) is 13.2 Å². The Morgan fingerprint density at radius 3 is 1.67 bits per heavy atom. The molecule has 0 atom stereocenters. The lowest BCUT2D eigenvalue weighted by atomic mass is 10.00. The largest absolute Gasteiger partial charge is 0.432 e. The zero-order chi connectivity index (χ0) is 30.3. The van der Waals surface area contributed by atoms with Gasteiger partial charge in [-0.15, -0.1) is 0 Å². The maximum absolute atomic E-state index is 14.9. The molecule has 0 spiro atoms. The molecule has 0 amide bonds. The molecular formula is C30H19F9O3. The molecule has 220 valence electrons. The molecule has 0 aromatic heterocycles. The zero-order valence-electron chi connectivity index (χ0n) is 21.5. The van der Waals surface area contributed by atoms with E-state index in [1.165, 1.54) is 12.1 Å². The smallest absolute Gasteiger partial charge is 0.429 e. The van der Waals surface area contributed by atoms with Crippen molar-refractivity contribution in [2.24, 2.45) is 5.92 Å². The minimum absolute atomic E-state index is 0.147. The van der Waals surface area contributed by atoms with Crippen LogP contribution in [0.25, 0.3) is 22.3 Å². The van der Waals surface area contributed by atoms with E-state index < -0.39 is 75.6 Å². The maximum atomic E-state index is 14.9. The normalized spacial score (nSPS) is 17.4. The summed E-state index contributed by atoms with van der Waals surface area (Å²) in [4.78, 5) is 0. The predicted octanol–water partition coefficient (Wildman–Crippen LogP) is 8.80. The lowest BCUT2D eigenvalue weighted by molar-refractivity contribution is -0.202. The van der Waals surface area contributed by atoms with Gasteiger partial charge in [0, 0.05) is 28.7 Å². The molecule has 0 N–H and O–H groups in total. The first-order chi connectivity index (χ1) is 19.8. The van der Waals surface area contributed by atoms with Crippen molar-refractivity contribution in [3.05, 3.63) is 113 Å². The average molecular weight is 598 g/mol. The molecule has 0 saturated carbocycles. The van der Waals surface area contributed by atoms with Crippen LogP contribution in [-0.4, -0.2) is 13.2 Å². The highest BCUT2D eigenvalue weighted by Crippen LogP contribution is 2.39. The van der Waals surface area contributed by atoms with E-state index in [0.717, 1.165) is 18.2 Å². The van der Waals surface area contributed by atoms with Gasteiger partial charge in [-0.3, -0.25) is 0 Å². The number of benzene rings is 4. The molecule has 0 bridgehead atoms. The average Bonchev–Trinajstić information content (AvgIpc) is 2.91. The number of ether oxygens (including phenoxy) is 3. The van der Waals surface area contributed by atoms with Gasteiger partial charge >= 0.3 is 6.11 Å². The van der Waals surface area contributed by atoms with Gasteiger partial charge in [0.2, 0.25) is 0 Å². The molecule has 1 fully saturated rings. The Morgan fingerprint density at radius 1 is 0.643 bits per heavy atom. The molecule has 1 aliphatic rings. The molecule has 0 aliphatic carbocycles. The standard InChI is InChI=1S/C30H19F9O3/c1-14-12-40-29(41-13-14)15-2-4-19(21(31)6-15)16-7-23(33)27(24(34)8-16)30(38,39)42-18-3-5-20(22(32)11-18)17-9-25(35)28(37)26(36)10-17/h2-11,14,29H,12-13H2,1H3. The van der Waals surface area contributed by atoms with Crippen molar-refractivity contribution >= 4 is 0 Å². The number of rotatable bonds is 6. The highest BCUT2D eigenvalue weighted by molar-refractivity contribution is 5.66. The summed E-state index contributed by atoms with van der Waals surface area (Å²) in [5.41, 5.74) is -3.12. The van der Waals surface area contributed by atoms with Crippen LogP contribution in [0.2, 0.25) is 0 Å². The minimum atomic E-state index is -4.68. The summed E-state index contributed by atoms with van der Waals surface area (Å²) >= 11 is 0.